The first-order valence-electron chi connectivity index (χ1n) is 9.94. The minimum absolute atomic E-state index is 0.254. The van der Waals surface area contributed by atoms with E-state index in [2.05, 4.69) is 54.4 Å². The van der Waals surface area contributed by atoms with Crippen LogP contribution in [0.15, 0.2) is 60.2 Å². The predicted octanol–water partition coefficient (Wildman–Crippen LogP) is 4.92. The summed E-state index contributed by atoms with van der Waals surface area (Å²) in [7, 11) is 2.27. The number of hydrogen-bond acceptors (Lipinski definition) is 3. The van der Waals surface area contributed by atoms with Crippen molar-refractivity contribution >= 4 is 11.5 Å². The summed E-state index contributed by atoms with van der Waals surface area (Å²) in [6.07, 6.45) is 4.87. The first-order valence-corrected chi connectivity index (χ1v) is 9.94. The number of esters is 1. The fourth-order valence-electron chi connectivity index (χ4n) is 4.61. The first-order chi connectivity index (χ1) is 13.2. The molecule has 2 aliphatic heterocycles. The summed E-state index contributed by atoms with van der Waals surface area (Å²) in [5.41, 5.74) is 5.96. The molecule has 3 heteroatoms. The largest absolute Gasteiger partial charge is 0.462 e. The van der Waals surface area contributed by atoms with Crippen LogP contribution in [0.5, 0.6) is 0 Å². The first kappa shape index (κ1) is 18.0. The number of benzene rings is 2. The van der Waals surface area contributed by atoms with E-state index in [-0.39, 0.29) is 5.97 Å². The van der Waals surface area contributed by atoms with Gasteiger partial charge in [-0.2, -0.15) is 0 Å². The lowest BCUT2D eigenvalue weighted by atomic mass is 9.85. The average molecular weight is 361 g/mol. The van der Waals surface area contributed by atoms with Crippen LogP contribution in [0.4, 0.5) is 0 Å². The van der Waals surface area contributed by atoms with Gasteiger partial charge in [0.25, 0.3) is 0 Å². The van der Waals surface area contributed by atoms with Gasteiger partial charge in [-0.25, -0.2) is 4.79 Å². The molecule has 2 atom stereocenters. The van der Waals surface area contributed by atoms with E-state index in [4.69, 9.17) is 4.74 Å². The Morgan fingerprint density at radius 2 is 1.48 bits per heavy atom. The maximum Gasteiger partial charge on any atom is 0.338 e. The fraction of sp³-hybridized carbons (Fsp3) is 0.375. The molecular weight excluding hydrogens is 334 g/mol. The zero-order valence-corrected chi connectivity index (χ0v) is 16.2. The lowest BCUT2D eigenvalue weighted by Gasteiger charge is -2.34. The van der Waals surface area contributed by atoms with Crippen LogP contribution in [0.25, 0.3) is 5.57 Å². The highest BCUT2D eigenvalue weighted by molar-refractivity contribution is 5.90. The van der Waals surface area contributed by atoms with Crippen LogP contribution in [0.3, 0.4) is 0 Å². The summed E-state index contributed by atoms with van der Waals surface area (Å²) in [5, 5.41) is 0. The van der Waals surface area contributed by atoms with Gasteiger partial charge < -0.3 is 4.74 Å². The molecule has 2 fully saturated rings. The van der Waals surface area contributed by atoms with Crippen molar-refractivity contribution in [2.75, 3.05) is 13.7 Å². The summed E-state index contributed by atoms with van der Waals surface area (Å²) >= 11 is 0. The van der Waals surface area contributed by atoms with Crippen LogP contribution in [0.2, 0.25) is 0 Å². The van der Waals surface area contributed by atoms with Gasteiger partial charge in [0.15, 0.2) is 0 Å². The molecule has 2 aliphatic rings. The van der Waals surface area contributed by atoms with E-state index in [1.54, 1.807) is 5.57 Å². The van der Waals surface area contributed by atoms with E-state index >= 15 is 0 Å². The van der Waals surface area contributed by atoms with Gasteiger partial charge in [0.2, 0.25) is 0 Å². The van der Waals surface area contributed by atoms with E-state index in [1.165, 1.54) is 29.5 Å². The second-order valence-electron chi connectivity index (χ2n) is 7.60. The third-order valence-corrected chi connectivity index (χ3v) is 6.05. The van der Waals surface area contributed by atoms with Crippen LogP contribution in [-0.2, 0) is 4.74 Å². The van der Waals surface area contributed by atoms with Crippen molar-refractivity contribution in [3.05, 3.63) is 76.9 Å². The Bertz CT molecular complexity index is 822. The van der Waals surface area contributed by atoms with Gasteiger partial charge in [-0.05, 0) is 68.5 Å². The number of carbonyl (C=O) groups is 1. The lowest BCUT2D eigenvalue weighted by Crippen LogP contribution is -2.37. The van der Waals surface area contributed by atoms with Gasteiger partial charge >= 0.3 is 5.97 Å². The molecule has 0 radical (unpaired) electrons. The van der Waals surface area contributed by atoms with Crippen molar-refractivity contribution in [3.8, 4) is 0 Å². The van der Waals surface area contributed by atoms with E-state index in [0.29, 0.717) is 24.3 Å². The maximum atomic E-state index is 12.0. The van der Waals surface area contributed by atoms with Crippen molar-refractivity contribution in [1.29, 1.82) is 0 Å². The van der Waals surface area contributed by atoms with Gasteiger partial charge in [-0.1, -0.05) is 48.0 Å². The Morgan fingerprint density at radius 1 is 0.926 bits per heavy atom. The molecule has 0 aromatic heterocycles. The third kappa shape index (κ3) is 3.57. The lowest BCUT2D eigenvalue weighted by molar-refractivity contribution is 0.0526. The second kappa shape index (κ2) is 7.69. The smallest absolute Gasteiger partial charge is 0.338 e. The van der Waals surface area contributed by atoms with Crippen molar-refractivity contribution < 1.29 is 9.53 Å². The molecule has 2 aromatic carbocycles. The zero-order valence-electron chi connectivity index (χ0n) is 16.2. The number of piperidine rings is 1. The maximum absolute atomic E-state index is 12.0. The third-order valence-electron chi connectivity index (χ3n) is 6.05. The number of fused-ring (bicyclic) bond motifs is 2. The standard InChI is InChI=1S/C24H27NO2/c1-3-27-24(26)19-11-9-18(10-12-19)23(17-7-5-4-6-8-17)20-15-21-13-14-22(16-20)25(21)2/h4-12,21-22H,3,13-16H2,1-2H3. The highest BCUT2D eigenvalue weighted by atomic mass is 16.5. The highest BCUT2D eigenvalue weighted by Gasteiger charge is 2.37. The average Bonchev–Trinajstić information content (AvgIpc) is 2.91. The van der Waals surface area contributed by atoms with Gasteiger partial charge in [0, 0.05) is 12.1 Å². The normalized spacial score (nSPS) is 21.9. The Hall–Kier alpha value is -2.39. The quantitative estimate of drug-likeness (QED) is 0.724. The molecule has 3 nitrogen and oxygen atoms in total. The van der Waals surface area contributed by atoms with Crippen LogP contribution >= 0.6 is 0 Å². The summed E-state index contributed by atoms with van der Waals surface area (Å²) in [5.74, 6) is -0.254. The van der Waals surface area contributed by atoms with Crippen molar-refractivity contribution in [1.82, 2.24) is 4.90 Å². The number of nitrogens with zero attached hydrogens (tertiary/aromatic N) is 1. The van der Waals surface area contributed by atoms with Gasteiger partial charge in [0.1, 0.15) is 0 Å². The summed E-state index contributed by atoms with van der Waals surface area (Å²) in [4.78, 5) is 14.6. The molecular formula is C24H27NO2. The molecule has 2 unspecified atom stereocenters. The Morgan fingerprint density at radius 3 is 2.07 bits per heavy atom. The van der Waals surface area contributed by atoms with Gasteiger partial charge in [-0.15, -0.1) is 0 Å². The monoisotopic (exact) mass is 361 g/mol. The summed E-state index contributed by atoms with van der Waals surface area (Å²) < 4.78 is 5.12. The molecule has 2 saturated heterocycles. The SMILES string of the molecule is CCOC(=O)c1ccc(C(=C2CC3CCC(C2)N3C)c2ccccc2)cc1. The highest BCUT2D eigenvalue weighted by Crippen LogP contribution is 2.42. The van der Waals surface area contributed by atoms with E-state index in [1.807, 2.05) is 19.1 Å². The Balaban J connectivity index is 1.74. The molecule has 0 aliphatic carbocycles. The Kier molecular flexibility index (Phi) is 5.13. The van der Waals surface area contributed by atoms with Crippen molar-refractivity contribution in [2.45, 2.75) is 44.7 Å². The number of hydrogen-bond donors (Lipinski definition) is 0. The van der Waals surface area contributed by atoms with Crippen LogP contribution in [-0.4, -0.2) is 36.6 Å². The number of ether oxygens (including phenoxy) is 1. The second-order valence-corrected chi connectivity index (χ2v) is 7.60. The topological polar surface area (TPSA) is 29.5 Å². The Labute approximate surface area is 161 Å². The molecule has 4 rings (SSSR count). The van der Waals surface area contributed by atoms with Crippen LogP contribution in [0, 0.1) is 0 Å². The zero-order chi connectivity index (χ0) is 18.8. The number of carbonyl (C=O) groups excluding carboxylic acids is 1. The molecule has 0 amide bonds. The van der Waals surface area contributed by atoms with Gasteiger partial charge in [-0.3, -0.25) is 4.90 Å². The van der Waals surface area contributed by atoms with Crippen molar-refractivity contribution in [2.24, 2.45) is 0 Å². The minimum Gasteiger partial charge on any atom is -0.462 e. The van der Waals surface area contributed by atoms with Crippen LogP contribution in [0.1, 0.15) is 54.1 Å². The minimum atomic E-state index is -0.254. The van der Waals surface area contributed by atoms with E-state index in [0.717, 1.165) is 12.8 Å². The molecule has 140 valence electrons. The van der Waals surface area contributed by atoms with Crippen molar-refractivity contribution in [3.63, 3.8) is 0 Å². The summed E-state index contributed by atoms with van der Waals surface area (Å²) in [6, 6.07) is 19.9. The van der Waals surface area contributed by atoms with Crippen LogP contribution < -0.4 is 0 Å². The van der Waals surface area contributed by atoms with Gasteiger partial charge in [0.05, 0.1) is 12.2 Å². The molecule has 0 spiro atoms. The molecule has 0 saturated carbocycles. The molecule has 27 heavy (non-hydrogen) atoms. The van der Waals surface area contributed by atoms with E-state index < -0.39 is 0 Å². The molecule has 0 N–H and O–H groups in total. The molecule has 2 aromatic rings. The molecule has 2 heterocycles. The summed E-state index contributed by atoms with van der Waals surface area (Å²) in [6.45, 7) is 2.23. The molecule has 2 bridgehead atoms. The van der Waals surface area contributed by atoms with E-state index in [9.17, 15) is 4.79 Å². The number of rotatable bonds is 4. The fourth-order valence-corrected chi connectivity index (χ4v) is 4.61. The predicted molar refractivity (Wildman–Crippen MR) is 109 cm³/mol.